The minimum Gasteiger partial charge on any atom is -0.508 e. The minimum atomic E-state index is -0.555. The summed E-state index contributed by atoms with van der Waals surface area (Å²) >= 11 is 0. The van der Waals surface area contributed by atoms with Crippen molar-refractivity contribution in [2.45, 2.75) is 51.4 Å². The Bertz CT molecular complexity index is 925. The number of fused-ring (bicyclic) bond motifs is 1. The summed E-state index contributed by atoms with van der Waals surface area (Å²) in [5, 5.41) is 15.8. The van der Waals surface area contributed by atoms with Crippen LogP contribution in [0.1, 0.15) is 28.7 Å². The van der Waals surface area contributed by atoms with Gasteiger partial charge in [0, 0.05) is 25.6 Å². The van der Waals surface area contributed by atoms with Crippen LogP contribution >= 0.6 is 0 Å². The van der Waals surface area contributed by atoms with Crippen LogP contribution in [-0.2, 0) is 22.6 Å². The molecule has 0 aliphatic carbocycles. The van der Waals surface area contributed by atoms with E-state index in [-0.39, 0.29) is 23.6 Å². The van der Waals surface area contributed by atoms with Gasteiger partial charge in [0.05, 0.1) is 0 Å². The first-order chi connectivity index (χ1) is 13.9. The van der Waals surface area contributed by atoms with Gasteiger partial charge in [-0.25, -0.2) is 0 Å². The number of benzene rings is 2. The van der Waals surface area contributed by atoms with E-state index in [1.165, 1.54) is 16.7 Å². The van der Waals surface area contributed by atoms with E-state index >= 15 is 0 Å². The first-order valence-electron chi connectivity index (χ1n) is 10.1. The molecule has 2 aliphatic rings. The van der Waals surface area contributed by atoms with Crippen LogP contribution in [0.5, 0.6) is 5.75 Å². The summed E-state index contributed by atoms with van der Waals surface area (Å²) in [6.45, 7) is 5.45. The zero-order chi connectivity index (χ0) is 20.5. The van der Waals surface area contributed by atoms with Gasteiger partial charge in [0.1, 0.15) is 17.8 Å². The van der Waals surface area contributed by atoms with Crippen molar-refractivity contribution in [1.82, 2.24) is 15.5 Å². The van der Waals surface area contributed by atoms with Gasteiger partial charge >= 0.3 is 0 Å². The van der Waals surface area contributed by atoms with E-state index in [0.29, 0.717) is 19.4 Å². The first-order valence-corrected chi connectivity index (χ1v) is 10.1. The number of amides is 2. The number of nitrogens with one attached hydrogen (secondary N) is 2. The van der Waals surface area contributed by atoms with Gasteiger partial charge in [0.25, 0.3) is 0 Å². The third-order valence-electron chi connectivity index (χ3n) is 5.96. The van der Waals surface area contributed by atoms with Crippen molar-refractivity contribution >= 4 is 11.8 Å². The number of aromatic hydroxyl groups is 1. The van der Waals surface area contributed by atoms with Crippen molar-refractivity contribution in [3.63, 3.8) is 0 Å². The molecule has 2 aliphatic heterocycles. The molecule has 0 bridgehead atoms. The maximum atomic E-state index is 13.0. The summed E-state index contributed by atoms with van der Waals surface area (Å²) in [7, 11) is 0. The van der Waals surface area contributed by atoms with Gasteiger partial charge in [0.15, 0.2) is 0 Å². The fourth-order valence-electron chi connectivity index (χ4n) is 4.26. The maximum absolute atomic E-state index is 13.0. The quantitative estimate of drug-likeness (QED) is 0.724. The Hall–Kier alpha value is -2.86. The lowest BCUT2D eigenvalue weighted by atomic mass is 10.0. The largest absolute Gasteiger partial charge is 0.508 e. The summed E-state index contributed by atoms with van der Waals surface area (Å²) in [4.78, 5) is 27.3. The number of phenols is 1. The van der Waals surface area contributed by atoms with Gasteiger partial charge in [-0.15, -0.1) is 0 Å². The Balaban J connectivity index is 1.40. The molecule has 2 heterocycles. The number of piperazine rings is 1. The van der Waals surface area contributed by atoms with Crippen LogP contribution in [0.3, 0.4) is 0 Å². The monoisotopic (exact) mass is 393 g/mol. The molecule has 6 nitrogen and oxygen atoms in total. The number of phenolic OH excluding ortho intramolecular Hbond substituents is 1. The van der Waals surface area contributed by atoms with Crippen LogP contribution < -0.4 is 10.6 Å². The molecule has 0 saturated carbocycles. The van der Waals surface area contributed by atoms with Crippen molar-refractivity contribution in [2.75, 3.05) is 6.54 Å². The maximum Gasteiger partial charge on any atom is 0.246 e. The normalized spacial score (nSPS) is 23.8. The molecule has 0 unspecified atom stereocenters. The fraction of sp³-hybridized carbons (Fsp3) is 0.391. The fourth-order valence-corrected chi connectivity index (χ4v) is 4.26. The summed E-state index contributed by atoms with van der Waals surface area (Å²) in [6, 6.07) is 12.3. The summed E-state index contributed by atoms with van der Waals surface area (Å²) < 4.78 is 0. The van der Waals surface area contributed by atoms with Gasteiger partial charge in [0.2, 0.25) is 11.8 Å². The molecule has 0 radical (unpaired) electrons. The molecule has 0 spiro atoms. The lowest BCUT2D eigenvalue weighted by Crippen LogP contribution is -2.61. The van der Waals surface area contributed by atoms with Gasteiger partial charge in [-0.3, -0.25) is 9.59 Å². The van der Waals surface area contributed by atoms with Crippen molar-refractivity contribution < 1.29 is 14.7 Å². The minimum absolute atomic E-state index is 0.0290. The highest BCUT2D eigenvalue weighted by molar-refractivity contribution is 5.97. The second kappa shape index (κ2) is 7.87. The third-order valence-corrected chi connectivity index (χ3v) is 5.96. The zero-order valence-corrected chi connectivity index (χ0v) is 16.8. The number of carbonyl (C=O) groups excluding carboxylic acids is 2. The molecule has 2 fully saturated rings. The number of aryl methyl sites for hydroxylation is 2. The van der Waals surface area contributed by atoms with Crippen LogP contribution in [0, 0.1) is 13.8 Å². The average Bonchev–Trinajstić information content (AvgIpc) is 3.13. The van der Waals surface area contributed by atoms with Crippen LogP contribution in [0.4, 0.5) is 0 Å². The van der Waals surface area contributed by atoms with E-state index in [4.69, 9.17) is 0 Å². The molecule has 2 aromatic carbocycles. The molecule has 29 heavy (non-hydrogen) atoms. The van der Waals surface area contributed by atoms with E-state index in [9.17, 15) is 14.7 Å². The highest BCUT2D eigenvalue weighted by Gasteiger charge is 2.46. The Kier molecular flexibility index (Phi) is 5.28. The van der Waals surface area contributed by atoms with Gasteiger partial charge in [-0.1, -0.05) is 35.9 Å². The second-order valence-corrected chi connectivity index (χ2v) is 8.18. The Morgan fingerprint density at radius 1 is 1.14 bits per heavy atom. The Morgan fingerprint density at radius 2 is 1.90 bits per heavy atom. The topological polar surface area (TPSA) is 81.7 Å². The number of carbonyl (C=O) groups is 2. The van der Waals surface area contributed by atoms with Crippen LogP contribution in [0.2, 0.25) is 0 Å². The molecule has 2 saturated heterocycles. The summed E-state index contributed by atoms with van der Waals surface area (Å²) in [5.74, 6) is 0.0771. The van der Waals surface area contributed by atoms with E-state index in [1.807, 2.05) is 0 Å². The molecule has 3 atom stereocenters. The first kappa shape index (κ1) is 19.5. The van der Waals surface area contributed by atoms with E-state index in [2.05, 4.69) is 42.7 Å². The molecular weight excluding hydrogens is 366 g/mol. The predicted octanol–water partition coefficient (Wildman–Crippen LogP) is 1.81. The Labute approximate surface area is 170 Å². The Morgan fingerprint density at radius 3 is 2.66 bits per heavy atom. The highest BCUT2D eigenvalue weighted by Crippen LogP contribution is 2.25. The van der Waals surface area contributed by atoms with E-state index in [1.54, 1.807) is 29.2 Å². The van der Waals surface area contributed by atoms with Gasteiger partial charge in [-0.2, -0.15) is 0 Å². The summed E-state index contributed by atoms with van der Waals surface area (Å²) in [6.07, 6.45) is 1.06. The second-order valence-electron chi connectivity index (χ2n) is 8.18. The standard InChI is InChI=1S/C23H27N3O3/c1-14-3-4-15(2)17(9-14)12-24-18-11-21-22(28)25-20(23(29)26(21)13-18)10-16-5-7-19(27)8-6-16/h3-9,18,20-21,24,27H,10-13H2,1-2H3,(H,25,28)/t18-,20-,21-/m0/s1. The van der Waals surface area contributed by atoms with Gasteiger partial charge in [-0.05, 0) is 49.1 Å². The molecule has 0 aromatic heterocycles. The van der Waals surface area contributed by atoms with Crippen LogP contribution in [0.15, 0.2) is 42.5 Å². The van der Waals surface area contributed by atoms with Crippen molar-refractivity contribution in [2.24, 2.45) is 0 Å². The molecule has 4 rings (SSSR count). The molecule has 3 N–H and O–H groups in total. The molecule has 152 valence electrons. The average molecular weight is 393 g/mol. The summed E-state index contributed by atoms with van der Waals surface area (Å²) in [5.41, 5.74) is 4.61. The molecule has 2 aromatic rings. The van der Waals surface area contributed by atoms with Crippen LogP contribution in [0.25, 0.3) is 0 Å². The van der Waals surface area contributed by atoms with Crippen molar-refractivity contribution in [1.29, 1.82) is 0 Å². The number of hydrogen-bond acceptors (Lipinski definition) is 4. The van der Waals surface area contributed by atoms with E-state index < -0.39 is 12.1 Å². The van der Waals surface area contributed by atoms with Gasteiger partial charge < -0.3 is 20.6 Å². The number of hydrogen-bond donors (Lipinski definition) is 3. The molecule has 6 heteroatoms. The molecule has 2 amide bonds. The van der Waals surface area contributed by atoms with Crippen molar-refractivity contribution in [3.8, 4) is 5.75 Å². The number of nitrogens with zero attached hydrogens (tertiary/aromatic N) is 1. The molecular formula is C23H27N3O3. The lowest BCUT2D eigenvalue weighted by molar-refractivity contribution is -0.147. The highest BCUT2D eigenvalue weighted by atomic mass is 16.3. The SMILES string of the molecule is Cc1ccc(C)c(CN[C@H]2C[C@H]3C(=O)N[C@@H](Cc4ccc(O)cc4)C(=O)N3C2)c1. The number of rotatable bonds is 5. The predicted molar refractivity (Wildman–Crippen MR) is 110 cm³/mol. The smallest absolute Gasteiger partial charge is 0.246 e. The lowest BCUT2D eigenvalue weighted by Gasteiger charge is -2.34. The van der Waals surface area contributed by atoms with Crippen LogP contribution in [-0.4, -0.2) is 46.5 Å². The zero-order valence-electron chi connectivity index (χ0n) is 16.8. The third kappa shape index (κ3) is 4.12. The van der Waals surface area contributed by atoms with Crippen molar-refractivity contribution in [3.05, 3.63) is 64.7 Å². The van der Waals surface area contributed by atoms with E-state index in [0.717, 1.165) is 12.1 Å².